The van der Waals surface area contributed by atoms with Gasteiger partial charge in [0.05, 0.1) is 31.8 Å². The molecule has 1 heterocycles. The van der Waals surface area contributed by atoms with Crippen LogP contribution in [0.4, 0.5) is 5.69 Å². The molecule has 0 aliphatic carbocycles. The zero-order chi connectivity index (χ0) is 21.0. The largest absolute Gasteiger partial charge is 0.497 e. The fraction of sp³-hybridized carbons (Fsp3) is 0.350. The molecule has 9 nitrogen and oxygen atoms in total. The average Bonchev–Trinajstić information content (AvgIpc) is 2.73. The highest BCUT2D eigenvalue weighted by Crippen LogP contribution is 2.34. The van der Waals surface area contributed by atoms with Crippen LogP contribution in [0.15, 0.2) is 42.5 Å². The molecule has 1 N–H and O–H groups in total. The fourth-order valence-corrected chi connectivity index (χ4v) is 3.48. The van der Waals surface area contributed by atoms with E-state index in [4.69, 9.17) is 14.2 Å². The number of nitrogens with zero attached hydrogens (tertiary/aromatic N) is 2. The lowest BCUT2D eigenvalue weighted by Crippen LogP contribution is -2.48. The minimum absolute atomic E-state index is 0.0549. The Bertz CT molecular complexity index is 885. The van der Waals surface area contributed by atoms with Crippen LogP contribution in [0.2, 0.25) is 0 Å². The third kappa shape index (κ3) is 4.47. The summed E-state index contributed by atoms with van der Waals surface area (Å²) >= 11 is 0. The van der Waals surface area contributed by atoms with Crippen LogP contribution in [-0.4, -0.2) is 54.4 Å². The highest BCUT2D eigenvalue weighted by atomic mass is 16.6. The molecular weight excluding hydrogens is 380 g/mol. The summed E-state index contributed by atoms with van der Waals surface area (Å²) in [4.78, 5) is 24.2. The van der Waals surface area contributed by atoms with E-state index in [0.717, 1.165) is 5.56 Å². The lowest BCUT2D eigenvalue weighted by Gasteiger charge is -2.39. The summed E-state index contributed by atoms with van der Waals surface area (Å²) < 4.78 is 16.2. The first-order chi connectivity index (χ1) is 13.9. The second-order valence-electron chi connectivity index (χ2n) is 6.57. The number of rotatable bonds is 7. The molecule has 29 heavy (non-hydrogen) atoms. The Hall–Kier alpha value is -3.17. The molecule has 0 spiro atoms. The number of hydrogen-bond acceptors (Lipinski definition) is 7. The van der Waals surface area contributed by atoms with Crippen molar-refractivity contribution in [3.63, 3.8) is 0 Å². The molecule has 2 unspecified atom stereocenters. The third-order valence-electron chi connectivity index (χ3n) is 4.91. The van der Waals surface area contributed by atoms with E-state index in [-0.39, 0.29) is 12.3 Å². The van der Waals surface area contributed by atoms with Gasteiger partial charge in [0.15, 0.2) is 6.10 Å². The highest BCUT2D eigenvalue weighted by molar-refractivity contribution is 5.74. The molecule has 0 saturated carbocycles. The number of benzene rings is 2. The molecule has 154 valence electrons. The zero-order valence-corrected chi connectivity index (χ0v) is 16.1. The first-order valence-corrected chi connectivity index (χ1v) is 8.98. The van der Waals surface area contributed by atoms with Gasteiger partial charge in [0.1, 0.15) is 11.5 Å². The maximum Gasteiger partial charge on any atom is 0.334 e. The lowest BCUT2D eigenvalue weighted by molar-refractivity contribution is -0.384. The number of aliphatic carboxylic acids is 1. The van der Waals surface area contributed by atoms with Crippen molar-refractivity contribution in [3.05, 3.63) is 63.7 Å². The Morgan fingerprint density at radius 3 is 2.55 bits per heavy atom. The van der Waals surface area contributed by atoms with E-state index in [1.807, 2.05) is 17.0 Å². The third-order valence-corrected chi connectivity index (χ3v) is 4.91. The maximum absolute atomic E-state index is 11.8. The molecule has 9 heteroatoms. The van der Waals surface area contributed by atoms with Crippen molar-refractivity contribution in [1.82, 2.24) is 4.90 Å². The molecule has 2 atom stereocenters. The summed E-state index contributed by atoms with van der Waals surface area (Å²) in [5, 5.41) is 20.6. The number of nitro benzene ring substituents is 1. The molecule has 1 saturated heterocycles. The van der Waals surface area contributed by atoms with Gasteiger partial charge in [0, 0.05) is 36.9 Å². The molecule has 1 aliphatic rings. The lowest BCUT2D eigenvalue weighted by atomic mass is 9.97. The fourth-order valence-electron chi connectivity index (χ4n) is 3.48. The number of hydrogen-bond donors (Lipinski definition) is 1. The zero-order valence-electron chi connectivity index (χ0n) is 16.1. The summed E-state index contributed by atoms with van der Waals surface area (Å²) in [7, 11) is 3.13. The molecule has 0 aromatic heterocycles. The Morgan fingerprint density at radius 1 is 1.24 bits per heavy atom. The molecule has 2 aromatic rings. The van der Waals surface area contributed by atoms with Crippen LogP contribution in [0.1, 0.15) is 17.2 Å². The normalized spacial score (nSPS) is 19.5. The highest BCUT2D eigenvalue weighted by Gasteiger charge is 2.38. The van der Waals surface area contributed by atoms with Gasteiger partial charge in [-0.2, -0.15) is 0 Å². The topological polar surface area (TPSA) is 111 Å². The van der Waals surface area contributed by atoms with E-state index in [1.54, 1.807) is 32.4 Å². The maximum atomic E-state index is 11.8. The van der Waals surface area contributed by atoms with E-state index < -0.39 is 23.0 Å². The number of non-ortho nitro benzene ring substituents is 1. The van der Waals surface area contributed by atoms with E-state index >= 15 is 0 Å². The van der Waals surface area contributed by atoms with E-state index in [0.29, 0.717) is 30.2 Å². The summed E-state index contributed by atoms with van der Waals surface area (Å²) in [5.74, 6) is 0.202. The molecule has 0 radical (unpaired) electrons. The number of morpholine rings is 1. The monoisotopic (exact) mass is 402 g/mol. The van der Waals surface area contributed by atoms with Crippen molar-refractivity contribution >= 4 is 11.7 Å². The molecule has 3 rings (SSSR count). The number of methoxy groups -OCH3 is 2. The van der Waals surface area contributed by atoms with Gasteiger partial charge >= 0.3 is 5.97 Å². The standard InChI is InChI=1S/C20H22N2O7/c1-27-16-8-5-14(17(11-16)28-2)12-21-9-10-29-19(20(23)24)18(21)13-3-6-15(7-4-13)22(25)26/h3-8,11,18-19H,9-10,12H2,1-2H3,(H,23,24). The van der Waals surface area contributed by atoms with Gasteiger partial charge in [-0.3, -0.25) is 15.0 Å². The minimum atomic E-state index is -1.09. The number of nitro groups is 1. The van der Waals surface area contributed by atoms with Gasteiger partial charge in [-0.05, 0) is 11.6 Å². The first kappa shape index (κ1) is 20.6. The predicted molar refractivity (Wildman–Crippen MR) is 103 cm³/mol. The minimum Gasteiger partial charge on any atom is -0.497 e. The van der Waals surface area contributed by atoms with Crippen molar-refractivity contribution in [2.75, 3.05) is 27.4 Å². The molecule has 1 aliphatic heterocycles. The molecular formula is C20H22N2O7. The predicted octanol–water partition coefficient (Wildman–Crippen LogP) is 2.64. The number of carbonyl (C=O) groups is 1. The van der Waals surface area contributed by atoms with Crippen LogP contribution in [0.5, 0.6) is 11.5 Å². The number of carboxylic acids is 1. The quantitative estimate of drug-likeness (QED) is 0.556. The van der Waals surface area contributed by atoms with Gasteiger partial charge in [-0.1, -0.05) is 18.2 Å². The SMILES string of the molecule is COc1ccc(CN2CCOC(C(=O)O)C2c2ccc([N+](=O)[O-])cc2)c(OC)c1. The van der Waals surface area contributed by atoms with Crippen molar-refractivity contribution in [1.29, 1.82) is 0 Å². The molecule has 0 bridgehead atoms. The van der Waals surface area contributed by atoms with Crippen LogP contribution in [0, 0.1) is 10.1 Å². The Balaban J connectivity index is 1.94. The first-order valence-electron chi connectivity index (χ1n) is 8.98. The Morgan fingerprint density at radius 2 is 1.97 bits per heavy atom. The van der Waals surface area contributed by atoms with Crippen molar-refractivity contribution in [3.8, 4) is 11.5 Å². The summed E-state index contributed by atoms with van der Waals surface area (Å²) in [6, 6.07) is 10.7. The Kier molecular flexibility index (Phi) is 6.30. The van der Waals surface area contributed by atoms with Gasteiger partial charge in [-0.15, -0.1) is 0 Å². The van der Waals surface area contributed by atoms with Crippen molar-refractivity contribution in [2.24, 2.45) is 0 Å². The number of ether oxygens (including phenoxy) is 3. The summed E-state index contributed by atoms with van der Waals surface area (Å²) in [5.41, 5.74) is 1.45. The number of carboxylic acid groups (broad SMARTS) is 1. The van der Waals surface area contributed by atoms with Crippen LogP contribution >= 0.6 is 0 Å². The van der Waals surface area contributed by atoms with Crippen LogP contribution < -0.4 is 9.47 Å². The van der Waals surface area contributed by atoms with Crippen LogP contribution in [0.3, 0.4) is 0 Å². The summed E-state index contributed by atoms with van der Waals surface area (Å²) in [6.45, 7) is 1.18. The second kappa shape index (κ2) is 8.89. The molecule has 2 aromatic carbocycles. The van der Waals surface area contributed by atoms with Gasteiger partial charge < -0.3 is 19.3 Å². The average molecular weight is 402 g/mol. The van der Waals surface area contributed by atoms with E-state index in [2.05, 4.69) is 0 Å². The molecule has 1 fully saturated rings. The van der Waals surface area contributed by atoms with Gasteiger partial charge in [0.2, 0.25) is 0 Å². The Labute approximate surface area is 167 Å². The molecule has 0 amide bonds. The smallest absolute Gasteiger partial charge is 0.334 e. The van der Waals surface area contributed by atoms with Gasteiger partial charge in [0.25, 0.3) is 5.69 Å². The second-order valence-corrected chi connectivity index (χ2v) is 6.57. The van der Waals surface area contributed by atoms with Crippen molar-refractivity contribution < 1.29 is 29.0 Å². The van der Waals surface area contributed by atoms with Crippen LogP contribution in [-0.2, 0) is 16.1 Å². The van der Waals surface area contributed by atoms with Crippen molar-refractivity contribution in [2.45, 2.75) is 18.7 Å². The van der Waals surface area contributed by atoms with E-state index in [1.165, 1.54) is 12.1 Å². The van der Waals surface area contributed by atoms with E-state index in [9.17, 15) is 20.0 Å². The summed E-state index contributed by atoms with van der Waals surface area (Å²) in [6.07, 6.45) is -1.09. The van der Waals surface area contributed by atoms with Gasteiger partial charge in [-0.25, -0.2) is 4.79 Å². The van der Waals surface area contributed by atoms with Crippen LogP contribution in [0.25, 0.3) is 0 Å².